The molecule has 0 unspecified atom stereocenters. The van der Waals surface area contributed by atoms with Crippen LogP contribution in [0, 0.1) is 6.92 Å². The first-order chi connectivity index (χ1) is 16.2. The number of rotatable bonds is 6. The number of aromatic nitrogens is 3. The normalized spacial score (nSPS) is 14.3. The van der Waals surface area contributed by atoms with Crippen molar-refractivity contribution < 1.29 is 19.0 Å². The number of nitrogens with zero attached hydrogens (tertiary/aromatic N) is 3. The van der Waals surface area contributed by atoms with E-state index < -0.39 is 6.29 Å². The van der Waals surface area contributed by atoms with Gasteiger partial charge in [0.1, 0.15) is 22.5 Å². The van der Waals surface area contributed by atoms with Crippen molar-refractivity contribution in [2.24, 2.45) is 0 Å². The van der Waals surface area contributed by atoms with E-state index in [0.29, 0.717) is 30.3 Å². The predicted octanol–water partition coefficient (Wildman–Crippen LogP) is 4.18. The summed E-state index contributed by atoms with van der Waals surface area (Å²) in [6.07, 6.45) is 0.481. The fraction of sp³-hybridized carbons (Fsp3) is 0.240. The minimum absolute atomic E-state index is 0.155. The van der Waals surface area contributed by atoms with Gasteiger partial charge in [0.25, 0.3) is 5.91 Å². The number of hydrogen-bond donors (Lipinski definition) is 1. The van der Waals surface area contributed by atoms with Gasteiger partial charge in [-0.05, 0) is 55.3 Å². The van der Waals surface area contributed by atoms with Gasteiger partial charge >= 0.3 is 0 Å². The van der Waals surface area contributed by atoms with E-state index in [1.165, 1.54) is 0 Å². The quantitative estimate of drug-likeness (QED) is 0.480. The predicted molar refractivity (Wildman–Crippen MR) is 123 cm³/mol. The van der Waals surface area contributed by atoms with Crippen LogP contribution in [0.15, 0.2) is 66.7 Å². The number of fused-ring (bicyclic) bond motifs is 1. The van der Waals surface area contributed by atoms with Crippen molar-refractivity contribution in [2.75, 3.05) is 25.1 Å². The van der Waals surface area contributed by atoms with E-state index in [4.69, 9.17) is 14.2 Å². The Morgan fingerprint density at radius 3 is 2.55 bits per heavy atom. The van der Waals surface area contributed by atoms with Crippen molar-refractivity contribution >= 4 is 22.6 Å². The van der Waals surface area contributed by atoms with Gasteiger partial charge in [0.05, 0.1) is 13.2 Å². The Hall–Kier alpha value is -3.75. The highest BCUT2D eigenvalue weighted by molar-refractivity contribution is 5.92. The minimum atomic E-state index is -0.404. The molecule has 3 aromatic carbocycles. The molecule has 1 amide bonds. The number of carbonyl (C=O) groups is 1. The summed E-state index contributed by atoms with van der Waals surface area (Å²) in [5.74, 6) is 0.247. The molecule has 1 N–H and O–H groups in total. The lowest BCUT2D eigenvalue weighted by Crippen LogP contribution is -2.21. The summed E-state index contributed by atoms with van der Waals surface area (Å²) in [7, 11) is 0. The molecule has 8 heteroatoms. The molecule has 1 aliphatic rings. The lowest BCUT2D eigenvalue weighted by Gasteiger charge is -2.23. The van der Waals surface area contributed by atoms with Crippen LogP contribution in [-0.2, 0) is 14.3 Å². The zero-order valence-electron chi connectivity index (χ0n) is 18.2. The molecule has 0 saturated carbocycles. The number of aryl methyl sites for hydroxylation is 1. The average molecular weight is 444 g/mol. The van der Waals surface area contributed by atoms with E-state index in [9.17, 15) is 4.79 Å². The highest BCUT2D eigenvalue weighted by Crippen LogP contribution is 2.26. The molecule has 33 heavy (non-hydrogen) atoms. The van der Waals surface area contributed by atoms with Gasteiger partial charge in [-0.3, -0.25) is 4.79 Å². The van der Waals surface area contributed by atoms with Crippen molar-refractivity contribution in [3.63, 3.8) is 0 Å². The lowest BCUT2D eigenvalue weighted by molar-refractivity contribution is -0.183. The third-order valence-electron chi connectivity index (χ3n) is 5.24. The molecule has 0 aliphatic carbocycles. The van der Waals surface area contributed by atoms with Gasteiger partial charge in [-0.25, -0.2) is 0 Å². The van der Waals surface area contributed by atoms with Crippen LogP contribution in [0.3, 0.4) is 0 Å². The monoisotopic (exact) mass is 444 g/mol. The summed E-state index contributed by atoms with van der Waals surface area (Å²) in [4.78, 5) is 14.1. The number of nitrogens with one attached hydrogen (secondary N) is 1. The minimum Gasteiger partial charge on any atom is -0.481 e. The Bertz CT molecular complexity index is 1250. The van der Waals surface area contributed by atoms with Crippen molar-refractivity contribution in [3.05, 3.63) is 77.9 Å². The van der Waals surface area contributed by atoms with E-state index in [2.05, 4.69) is 15.5 Å². The molecule has 0 radical (unpaired) electrons. The van der Waals surface area contributed by atoms with Crippen molar-refractivity contribution in [1.82, 2.24) is 15.0 Å². The zero-order valence-corrected chi connectivity index (χ0v) is 18.2. The van der Waals surface area contributed by atoms with Gasteiger partial charge < -0.3 is 19.5 Å². The molecule has 8 nitrogen and oxygen atoms in total. The first kappa shape index (κ1) is 21.1. The molecule has 1 aromatic heterocycles. The van der Waals surface area contributed by atoms with Crippen molar-refractivity contribution in [2.45, 2.75) is 19.6 Å². The molecule has 168 valence electrons. The lowest BCUT2D eigenvalue weighted by atomic mass is 10.2. The molecule has 1 fully saturated rings. The van der Waals surface area contributed by atoms with Crippen LogP contribution in [0.5, 0.6) is 5.75 Å². The van der Waals surface area contributed by atoms with Crippen LogP contribution in [0.4, 0.5) is 5.69 Å². The topological polar surface area (TPSA) is 87.5 Å². The highest BCUT2D eigenvalue weighted by atomic mass is 16.7. The fourth-order valence-electron chi connectivity index (χ4n) is 3.66. The summed E-state index contributed by atoms with van der Waals surface area (Å²) >= 11 is 0. The van der Waals surface area contributed by atoms with Crippen LogP contribution in [-0.4, -0.2) is 40.7 Å². The second-order valence-corrected chi connectivity index (χ2v) is 7.84. The summed E-state index contributed by atoms with van der Waals surface area (Å²) in [5.41, 5.74) is 4.80. The second-order valence-electron chi connectivity index (χ2n) is 7.84. The first-order valence-electron chi connectivity index (χ1n) is 10.8. The van der Waals surface area contributed by atoms with E-state index >= 15 is 0 Å². The van der Waals surface area contributed by atoms with E-state index in [0.717, 1.165) is 28.6 Å². The number of hydrogen-bond acceptors (Lipinski definition) is 6. The molecule has 0 bridgehead atoms. The van der Waals surface area contributed by atoms with Gasteiger partial charge in [-0.1, -0.05) is 30.3 Å². The molecule has 1 saturated heterocycles. The third-order valence-corrected chi connectivity index (χ3v) is 5.24. The van der Waals surface area contributed by atoms with Gasteiger partial charge in [0, 0.05) is 11.3 Å². The van der Waals surface area contributed by atoms with E-state index in [1.807, 2.05) is 73.7 Å². The van der Waals surface area contributed by atoms with Crippen LogP contribution in [0.2, 0.25) is 0 Å². The number of ether oxygens (including phenoxy) is 3. The second kappa shape index (κ2) is 9.40. The molecule has 0 atom stereocenters. The molecule has 1 aliphatic heterocycles. The fourth-order valence-corrected chi connectivity index (χ4v) is 3.66. The van der Waals surface area contributed by atoms with Crippen LogP contribution < -0.4 is 10.1 Å². The SMILES string of the molecule is Cc1ccc(OCC(=O)Nc2cccc(C3OCCCO3)c2)c(-n2nc3ccccc3n2)c1. The van der Waals surface area contributed by atoms with Crippen LogP contribution >= 0.6 is 0 Å². The smallest absolute Gasteiger partial charge is 0.262 e. The number of amides is 1. The largest absolute Gasteiger partial charge is 0.481 e. The zero-order chi connectivity index (χ0) is 22.6. The Morgan fingerprint density at radius 2 is 1.79 bits per heavy atom. The summed E-state index contributed by atoms with van der Waals surface area (Å²) < 4.78 is 17.1. The van der Waals surface area contributed by atoms with Gasteiger partial charge in [-0.15, -0.1) is 15.0 Å². The van der Waals surface area contributed by atoms with Crippen LogP contribution in [0.25, 0.3) is 16.7 Å². The van der Waals surface area contributed by atoms with Crippen LogP contribution in [0.1, 0.15) is 23.8 Å². The Balaban J connectivity index is 1.28. The van der Waals surface area contributed by atoms with E-state index in [1.54, 1.807) is 4.80 Å². The maximum atomic E-state index is 12.6. The molecular formula is C25H24N4O4. The molecule has 4 aromatic rings. The maximum Gasteiger partial charge on any atom is 0.262 e. The van der Waals surface area contributed by atoms with Gasteiger partial charge in [0.2, 0.25) is 0 Å². The summed E-state index contributed by atoms with van der Waals surface area (Å²) in [6, 6.07) is 20.8. The van der Waals surface area contributed by atoms with Gasteiger partial charge in [0.15, 0.2) is 12.9 Å². The summed E-state index contributed by atoms with van der Waals surface area (Å²) in [6.45, 7) is 3.15. The molecule has 0 spiro atoms. The van der Waals surface area contributed by atoms with Crippen molar-refractivity contribution in [3.8, 4) is 11.4 Å². The Kier molecular flexibility index (Phi) is 6.01. The van der Waals surface area contributed by atoms with Crippen molar-refractivity contribution in [1.29, 1.82) is 0 Å². The number of carbonyl (C=O) groups excluding carboxylic acids is 1. The molecule has 2 heterocycles. The Morgan fingerprint density at radius 1 is 1.03 bits per heavy atom. The standard InChI is InChI=1S/C25H24N4O4/c1-17-10-11-23(22(14-17)29-27-20-8-2-3-9-21(20)28-29)33-16-24(30)26-19-7-4-6-18(15-19)25-31-12-5-13-32-25/h2-4,6-11,14-15,25H,5,12-13,16H2,1H3,(H,26,30). The number of anilines is 1. The average Bonchev–Trinajstić information content (AvgIpc) is 3.28. The summed E-state index contributed by atoms with van der Waals surface area (Å²) in [5, 5.41) is 11.9. The molecular weight excluding hydrogens is 420 g/mol. The van der Waals surface area contributed by atoms with E-state index in [-0.39, 0.29) is 12.5 Å². The maximum absolute atomic E-state index is 12.6. The number of benzene rings is 3. The first-order valence-corrected chi connectivity index (χ1v) is 10.8. The third kappa shape index (κ3) is 4.87. The highest BCUT2D eigenvalue weighted by Gasteiger charge is 2.17. The Labute approximate surface area is 191 Å². The molecule has 5 rings (SSSR count). The van der Waals surface area contributed by atoms with Gasteiger partial charge in [-0.2, -0.15) is 0 Å².